The summed E-state index contributed by atoms with van der Waals surface area (Å²) in [5.74, 6) is 0. The first-order chi connectivity index (χ1) is 7.24. The Kier molecular flexibility index (Phi) is 5.18. The Morgan fingerprint density at radius 2 is 2.20 bits per heavy atom. The van der Waals surface area contributed by atoms with Gasteiger partial charge < -0.3 is 4.74 Å². The van der Waals surface area contributed by atoms with Crippen molar-refractivity contribution in [2.75, 3.05) is 11.9 Å². The third kappa shape index (κ3) is 4.34. The van der Waals surface area contributed by atoms with Crippen molar-refractivity contribution in [3.8, 4) is 0 Å². The average molecular weight is 272 g/mol. The fourth-order valence-corrected chi connectivity index (χ4v) is 1.40. The molecule has 1 aromatic carbocycles. The number of halogens is 1. The third-order valence-corrected chi connectivity index (χ3v) is 2.53. The van der Waals surface area contributed by atoms with Gasteiger partial charge in [-0.15, -0.1) is 0 Å². The minimum Gasteiger partial charge on any atom is -0.449 e. The number of hydrogen-bond donors (Lipinski definition) is 1. The zero-order chi connectivity index (χ0) is 11.1. The predicted octanol–water partition coefficient (Wildman–Crippen LogP) is 3.80. The standard InChI is InChI=1S/C11H14BrNO2/c1-2-3-8-15-11(14)13-10-7-5-4-6-9(10)12/h4-7H,2-3,8H2,1H3,(H,13,14). The van der Waals surface area contributed by atoms with E-state index >= 15 is 0 Å². The van der Waals surface area contributed by atoms with Crippen LogP contribution in [0.2, 0.25) is 0 Å². The van der Waals surface area contributed by atoms with Crippen molar-refractivity contribution in [1.82, 2.24) is 0 Å². The lowest BCUT2D eigenvalue weighted by molar-refractivity contribution is 0.160. The fourth-order valence-electron chi connectivity index (χ4n) is 1.02. The molecule has 3 nitrogen and oxygen atoms in total. The van der Waals surface area contributed by atoms with Crippen LogP contribution in [0.15, 0.2) is 28.7 Å². The SMILES string of the molecule is CCCCOC(=O)Nc1ccccc1Br. The zero-order valence-corrected chi connectivity index (χ0v) is 10.2. The van der Waals surface area contributed by atoms with Gasteiger partial charge in [-0.3, -0.25) is 5.32 Å². The van der Waals surface area contributed by atoms with E-state index in [0.717, 1.165) is 23.0 Å². The summed E-state index contributed by atoms with van der Waals surface area (Å²) in [6.45, 7) is 2.52. The first-order valence-electron chi connectivity index (χ1n) is 4.92. The number of carbonyl (C=O) groups is 1. The molecule has 0 atom stereocenters. The van der Waals surface area contributed by atoms with Crippen LogP contribution in [0.3, 0.4) is 0 Å². The van der Waals surface area contributed by atoms with Crippen molar-refractivity contribution in [2.45, 2.75) is 19.8 Å². The molecule has 0 saturated carbocycles. The first-order valence-corrected chi connectivity index (χ1v) is 5.71. The molecule has 0 heterocycles. The van der Waals surface area contributed by atoms with Gasteiger partial charge in [-0.2, -0.15) is 0 Å². The van der Waals surface area contributed by atoms with Crippen LogP contribution in [0.4, 0.5) is 10.5 Å². The molecule has 4 heteroatoms. The van der Waals surface area contributed by atoms with Crippen molar-refractivity contribution < 1.29 is 9.53 Å². The maximum absolute atomic E-state index is 11.3. The van der Waals surface area contributed by atoms with E-state index in [2.05, 4.69) is 28.2 Å². The molecular formula is C11H14BrNO2. The monoisotopic (exact) mass is 271 g/mol. The minimum absolute atomic E-state index is 0.407. The van der Waals surface area contributed by atoms with Crippen LogP contribution >= 0.6 is 15.9 Å². The summed E-state index contributed by atoms with van der Waals surface area (Å²) in [7, 11) is 0. The Morgan fingerprint density at radius 3 is 2.87 bits per heavy atom. The molecule has 1 N–H and O–H groups in total. The molecule has 0 saturated heterocycles. The predicted molar refractivity (Wildman–Crippen MR) is 64.0 cm³/mol. The zero-order valence-electron chi connectivity index (χ0n) is 8.63. The molecule has 0 aliphatic carbocycles. The second kappa shape index (κ2) is 6.45. The molecule has 0 bridgehead atoms. The van der Waals surface area contributed by atoms with E-state index in [1.54, 1.807) is 0 Å². The summed E-state index contributed by atoms with van der Waals surface area (Å²) in [5, 5.41) is 2.66. The van der Waals surface area contributed by atoms with E-state index < -0.39 is 6.09 Å². The number of ether oxygens (including phenoxy) is 1. The number of amides is 1. The van der Waals surface area contributed by atoms with Crippen molar-refractivity contribution >= 4 is 27.7 Å². The number of anilines is 1. The summed E-state index contributed by atoms with van der Waals surface area (Å²) >= 11 is 3.34. The lowest BCUT2D eigenvalue weighted by Crippen LogP contribution is -2.14. The molecule has 0 fully saturated rings. The lowest BCUT2D eigenvalue weighted by Gasteiger charge is -2.07. The highest BCUT2D eigenvalue weighted by molar-refractivity contribution is 9.10. The van der Waals surface area contributed by atoms with E-state index in [-0.39, 0.29) is 0 Å². The molecule has 82 valence electrons. The number of benzene rings is 1. The number of carbonyl (C=O) groups excluding carboxylic acids is 1. The summed E-state index contributed by atoms with van der Waals surface area (Å²) in [5.41, 5.74) is 0.721. The molecule has 0 spiro atoms. The highest BCUT2D eigenvalue weighted by Crippen LogP contribution is 2.21. The van der Waals surface area contributed by atoms with Crippen molar-refractivity contribution in [3.63, 3.8) is 0 Å². The van der Waals surface area contributed by atoms with Gasteiger partial charge in [0, 0.05) is 4.47 Å². The summed E-state index contributed by atoms with van der Waals surface area (Å²) in [6.07, 6.45) is 1.50. The second-order valence-electron chi connectivity index (χ2n) is 3.09. The summed E-state index contributed by atoms with van der Waals surface area (Å²) < 4.78 is 5.82. The van der Waals surface area contributed by atoms with Crippen molar-refractivity contribution in [2.24, 2.45) is 0 Å². The van der Waals surface area contributed by atoms with Gasteiger partial charge in [0.1, 0.15) is 0 Å². The van der Waals surface area contributed by atoms with Gasteiger partial charge in [-0.1, -0.05) is 25.5 Å². The van der Waals surface area contributed by atoms with Gasteiger partial charge >= 0.3 is 6.09 Å². The molecule has 0 aliphatic heterocycles. The van der Waals surface area contributed by atoms with Gasteiger partial charge in [0.15, 0.2) is 0 Å². The average Bonchev–Trinajstić information content (AvgIpc) is 2.22. The second-order valence-corrected chi connectivity index (χ2v) is 3.95. The molecular weight excluding hydrogens is 258 g/mol. The number of rotatable bonds is 4. The summed E-state index contributed by atoms with van der Waals surface area (Å²) in [4.78, 5) is 11.3. The number of para-hydroxylation sites is 1. The molecule has 1 aromatic rings. The van der Waals surface area contributed by atoms with Crippen molar-refractivity contribution in [3.05, 3.63) is 28.7 Å². The number of nitrogens with one attached hydrogen (secondary N) is 1. The van der Waals surface area contributed by atoms with Crippen LogP contribution in [-0.2, 0) is 4.74 Å². The smallest absolute Gasteiger partial charge is 0.411 e. The van der Waals surface area contributed by atoms with E-state index in [4.69, 9.17) is 4.74 Å². The molecule has 15 heavy (non-hydrogen) atoms. The molecule has 0 aromatic heterocycles. The highest BCUT2D eigenvalue weighted by Gasteiger charge is 2.04. The van der Waals surface area contributed by atoms with Crippen LogP contribution in [0.25, 0.3) is 0 Å². The van der Waals surface area contributed by atoms with Gasteiger partial charge in [-0.25, -0.2) is 4.79 Å². The van der Waals surface area contributed by atoms with Gasteiger partial charge in [0.25, 0.3) is 0 Å². The molecule has 1 amide bonds. The normalized spacial score (nSPS) is 9.73. The lowest BCUT2D eigenvalue weighted by atomic mass is 10.3. The van der Waals surface area contributed by atoms with Crippen molar-refractivity contribution in [1.29, 1.82) is 0 Å². The molecule has 0 aliphatic rings. The largest absolute Gasteiger partial charge is 0.449 e. The van der Waals surface area contributed by atoms with E-state index in [1.807, 2.05) is 24.3 Å². The first kappa shape index (κ1) is 12.0. The van der Waals surface area contributed by atoms with Crippen LogP contribution in [0.1, 0.15) is 19.8 Å². The third-order valence-electron chi connectivity index (χ3n) is 1.84. The van der Waals surface area contributed by atoms with Crippen LogP contribution < -0.4 is 5.32 Å². The van der Waals surface area contributed by atoms with E-state index in [9.17, 15) is 4.79 Å². The minimum atomic E-state index is -0.407. The highest BCUT2D eigenvalue weighted by atomic mass is 79.9. The Balaban J connectivity index is 2.41. The van der Waals surface area contributed by atoms with E-state index in [0.29, 0.717) is 6.61 Å². The Labute approximate surface area is 97.9 Å². The molecule has 0 unspecified atom stereocenters. The fraction of sp³-hybridized carbons (Fsp3) is 0.364. The van der Waals surface area contributed by atoms with Crippen LogP contribution in [0, 0.1) is 0 Å². The van der Waals surface area contributed by atoms with Crippen LogP contribution in [-0.4, -0.2) is 12.7 Å². The van der Waals surface area contributed by atoms with Gasteiger partial charge in [0.05, 0.1) is 12.3 Å². The topological polar surface area (TPSA) is 38.3 Å². The van der Waals surface area contributed by atoms with Gasteiger partial charge in [-0.05, 0) is 34.5 Å². The quantitative estimate of drug-likeness (QED) is 0.846. The number of hydrogen-bond acceptors (Lipinski definition) is 2. The number of unbranched alkanes of at least 4 members (excludes halogenated alkanes) is 1. The molecule has 0 radical (unpaired) electrons. The maximum Gasteiger partial charge on any atom is 0.411 e. The Morgan fingerprint density at radius 1 is 1.47 bits per heavy atom. The Bertz CT molecular complexity index is 328. The summed E-state index contributed by atoms with van der Waals surface area (Å²) in [6, 6.07) is 7.41. The van der Waals surface area contributed by atoms with E-state index in [1.165, 1.54) is 0 Å². The van der Waals surface area contributed by atoms with Crippen LogP contribution in [0.5, 0.6) is 0 Å². The van der Waals surface area contributed by atoms with Gasteiger partial charge in [0.2, 0.25) is 0 Å². The Hall–Kier alpha value is -1.03. The molecule has 1 rings (SSSR count). The maximum atomic E-state index is 11.3.